The van der Waals surface area contributed by atoms with E-state index in [-0.39, 0.29) is 16.0 Å². The van der Waals surface area contributed by atoms with Gasteiger partial charge in [-0.25, -0.2) is 8.42 Å². The molecule has 1 atom stereocenters. The van der Waals surface area contributed by atoms with Crippen LogP contribution in [0.15, 0.2) is 53.4 Å². The summed E-state index contributed by atoms with van der Waals surface area (Å²) in [4.78, 5) is 2.15. The molecular formula is C19H20ClN3O2S. The number of nitrogens with zero attached hydrogens (tertiary/aromatic N) is 3. The molecule has 0 spiro atoms. The molecule has 136 valence electrons. The number of benzene rings is 2. The molecule has 5 nitrogen and oxygen atoms in total. The molecule has 0 saturated carbocycles. The van der Waals surface area contributed by atoms with Crippen LogP contribution < -0.4 is 0 Å². The monoisotopic (exact) mass is 389 g/mol. The Morgan fingerprint density at radius 3 is 2.23 bits per heavy atom. The van der Waals surface area contributed by atoms with Crippen molar-refractivity contribution in [2.24, 2.45) is 0 Å². The molecule has 1 fully saturated rings. The minimum Gasteiger partial charge on any atom is -0.282 e. The van der Waals surface area contributed by atoms with Crippen LogP contribution in [0.4, 0.5) is 0 Å². The zero-order valence-corrected chi connectivity index (χ0v) is 16.0. The van der Waals surface area contributed by atoms with Crippen LogP contribution in [0.25, 0.3) is 0 Å². The molecule has 0 aliphatic carbocycles. The average Bonchev–Trinajstić information content (AvgIpc) is 2.64. The molecule has 2 aromatic rings. The highest BCUT2D eigenvalue weighted by atomic mass is 35.5. The lowest BCUT2D eigenvalue weighted by atomic mass is 10.0. The van der Waals surface area contributed by atoms with Crippen LogP contribution in [-0.4, -0.2) is 43.8 Å². The smallest absolute Gasteiger partial charge is 0.244 e. The molecule has 7 heteroatoms. The van der Waals surface area contributed by atoms with Crippen molar-refractivity contribution in [2.75, 3.05) is 26.2 Å². The number of piperazine rings is 1. The largest absolute Gasteiger partial charge is 0.282 e. The van der Waals surface area contributed by atoms with Gasteiger partial charge in [0.15, 0.2) is 0 Å². The molecule has 0 bridgehead atoms. The van der Waals surface area contributed by atoms with E-state index in [0.717, 1.165) is 11.1 Å². The molecule has 2 aromatic carbocycles. The van der Waals surface area contributed by atoms with Crippen LogP contribution in [0.1, 0.15) is 17.2 Å². The maximum absolute atomic E-state index is 12.8. The summed E-state index contributed by atoms with van der Waals surface area (Å²) in [6.07, 6.45) is 0. The molecule has 1 unspecified atom stereocenters. The van der Waals surface area contributed by atoms with E-state index in [1.54, 1.807) is 18.2 Å². The molecule has 1 aliphatic heterocycles. The lowest BCUT2D eigenvalue weighted by Gasteiger charge is -2.36. The highest BCUT2D eigenvalue weighted by Crippen LogP contribution is 2.27. The quantitative estimate of drug-likeness (QED) is 0.805. The van der Waals surface area contributed by atoms with Gasteiger partial charge in [0.2, 0.25) is 10.0 Å². The van der Waals surface area contributed by atoms with Gasteiger partial charge in [-0.05, 0) is 24.6 Å². The van der Waals surface area contributed by atoms with Crippen LogP contribution in [0.5, 0.6) is 0 Å². The van der Waals surface area contributed by atoms with Gasteiger partial charge in [-0.15, -0.1) is 0 Å². The van der Waals surface area contributed by atoms with Crippen molar-refractivity contribution in [1.82, 2.24) is 9.21 Å². The first-order valence-corrected chi connectivity index (χ1v) is 10.2. The van der Waals surface area contributed by atoms with E-state index in [4.69, 9.17) is 11.6 Å². The van der Waals surface area contributed by atoms with Crippen molar-refractivity contribution in [3.05, 3.63) is 64.7 Å². The Morgan fingerprint density at radius 2 is 1.65 bits per heavy atom. The molecule has 1 saturated heterocycles. The van der Waals surface area contributed by atoms with Gasteiger partial charge in [-0.3, -0.25) is 4.90 Å². The number of hydrogen-bond acceptors (Lipinski definition) is 4. The fraction of sp³-hybridized carbons (Fsp3) is 0.316. The predicted octanol–water partition coefficient (Wildman–Crippen LogP) is 3.22. The molecule has 0 radical (unpaired) electrons. The van der Waals surface area contributed by atoms with Crippen LogP contribution in [0.2, 0.25) is 5.02 Å². The highest BCUT2D eigenvalue weighted by Gasteiger charge is 2.32. The van der Waals surface area contributed by atoms with Gasteiger partial charge in [0.1, 0.15) is 10.9 Å². The SMILES string of the molecule is Cc1ccc(C(C#N)N2CCN(S(=O)(=O)c3ccccc3Cl)CC2)cc1. The number of hydrogen-bond donors (Lipinski definition) is 0. The van der Waals surface area contributed by atoms with Gasteiger partial charge >= 0.3 is 0 Å². The van der Waals surface area contributed by atoms with Gasteiger partial charge in [0.25, 0.3) is 0 Å². The van der Waals surface area contributed by atoms with Crippen LogP contribution in [-0.2, 0) is 10.0 Å². The Hall–Kier alpha value is -1.91. The Balaban J connectivity index is 1.73. The van der Waals surface area contributed by atoms with Crippen LogP contribution in [0, 0.1) is 18.3 Å². The minimum absolute atomic E-state index is 0.130. The van der Waals surface area contributed by atoms with Crippen molar-refractivity contribution >= 4 is 21.6 Å². The van der Waals surface area contributed by atoms with E-state index in [1.165, 1.54) is 10.4 Å². The molecule has 1 aliphatic rings. The van der Waals surface area contributed by atoms with Crippen molar-refractivity contribution < 1.29 is 8.42 Å². The summed E-state index contributed by atoms with van der Waals surface area (Å²) in [6.45, 7) is 3.66. The predicted molar refractivity (Wildman–Crippen MR) is 101 cm³/mol. The van der Waals surface area contributed by atoms with E-state index >= 15 is 0 Å². The Morgan fingerprint density at radius 1 is 1.04 bits per heavy atom. The number of halogens is 1. The maximum Gasteiger partial charge on any atom is 0.244 e. The molecule has 0 N–H and O–H groups in total. The molecular weight excluding hydrogens is 370 g/mol. The summed E-state index contributed by atoms with van der Waals surface area (Å²) < 4.78 is 27.1. The van der Waals surface area contributed by atoms with E-state index < -0.39 is 10.0 Å². The summed E-state index contributed by atoms with van der Waals surface area (Å²) in [5, 5.41) is 9.83. The lowest BCUT2D eigenvalue weighted by molar-refractivity contribution is 0.162. The second-order valence-electron chi connectivity index (χ2n) is 6.31. The third kappa shape index (κ3) is 3.76. The first-order valence-electron chi connectivity index (χ1n) is 8.38. The minimum atomic E-state index is -3.63. The summed E-state index contributed by atoms with van der Waals surface area (Å²) in [6, 6.07) is 16.3. The highest BCUT2D eigenvalue weighted by molar-refractivity contribution is 7.89. The zero-order chi connectivity index (χ0) is 18.7. The fourth-order valence-corrected chi connectivity index (χ4v) is 5.03. The molecule has 3 rings (SSSR count). The van der Waals surface area contributed by atoms with E-state index in [9.17, 15) is 13.7 Å². The normalized spacial score (nSPS) is 17.6. The number of aryl methyl sites for hydroxylation is 1. The van der Waals surface area contributed by atoms with Crippen LogP contribution >= 0.6 is 11.6 Å². The number of nitriles is 1. The summed E-state index contributed by atoms with van der Waals surface area (Å²) in [5.74, 6) is 0. The van der Waals surface area contributed by atoms with Crippen LogP contribution in [0.3, 0.4) is 0 Å². The number of rotatable bonds is 4. The van der Waals surface area contributed by atoms with Crippen molar-refractivity contribution in [2.45, 2.75) is 17.9 Å². The van der Waals surface area contributed by atoms with Gasteiger partial charge in [0.05, 0.1) is 11.1 Å². The topological polar surface area (TPSA) is 64.4 Å². The fourth-order valence-electron chi connectivity index (χ4n) is 3.11. The van der Waals surface area contributed by atoms with Gasteiger partial charge in [0, 0.05) is 26.2 Å². The van der Waals surface area contributed by atoms with E-state index in [1.807, 2.05) is 36.1 Å². The van der Waals surface area contributed by atoms with Crippen molar-refractivity contribution in [3.8, 4) is 6.07 Å². The Labute approximate surface area is 159 Å². The van der Waals surface area contributed by atoms with Crippen molar-refractivity contribution in [3.63, 3.8) is 0 Å². The first-order chi connectivity index (χ1) is 12.4. The first kappa shape index (κ1) is 18.9. The second kappa shape index (κ2) is 7.77. The summed E-state index contributed by atoms with van der Waals surface area (Å²) in [5.41, 5.74) is 2.07. The summed E-state index contributed by atoms with van der Waals surface area (Å²) in [7, 11) is -3.63. The third-order valence-corrected chi connectivity index (χ3v) is 7.01. The third-order valence-electron chi connectivity index (χ3n) is 4.61. The Kier molecular flexibility index (Phi) is 5.64. The zero-order valence-electron chi connectivity index (χ0n) is 14.5. The molecule has 26 heavy (non-hydrogen) atoms. The maximum atomic E-state index is 12.8. The number of sulfonamides is 1. The van der Waals surface area contributed by atoms with Gasteiger partial charge in [-0.1, -0.05) is 53.6 Å². The van der Waals surface area contributed by atoms with Gasteiger partial charge < -0.3 is 0 Å². The van der Waals surface area contributed by atoms with E-state index in [0.29, 0.717) is 26.2 Å². The lowest BCUT2D eigenvalue weighted by Crippen LogP contribution is -2.49. The molecule has 1 heterocycles. The molecule has 0 aromatic heterocycles. The summed E-state index contributed by atoms with van der Waals surface area (Å²) >= 11 is 6.06. The average molecular weight is 390 g/mol. The Bertz CT molecular complexity index is 915. The standard InChI is InChI=1S/C19H20ClN3O2S/c1-15-6-8-16(9-7-15)18(14-21)22-10-12-23(13-11-22)26(24,25)19-5-3-2-4-17(19)20/h2-9,18H,10-13H2,1H3. The van der Waals surface area contributed by atoms with E-state index in [2.05, 4.69) is 6.07 Å². The second-order valence-corrected chi connectivity index (χ2v) is 8.63. The van der Waals surface area contributed by atoms with Crippen molar-refractivity contribution in [1.29, 1.82) is 5.26 Å². The molecule has 0 amide bonds. The van der Waals surface area contributed by atoms with Gasteiger partial charge in [-0.2, -0.15) is 9.57 Å².